The first-order valence-electron chi connectivity index (χ1n) is 9.40. The zero-order valence-electron chi connectivity index (χ0n) is 17.3. The van der Waals surface area contributed by atoms with Gasteiger partial charge in [-0.2, -0.15) is 0 Å². The van der Waals surface area contributed by atoms with E-state index in [9.17, 15) is 24.5 Å². The van der Waals surface area contributed by atoms with Crippen molar-refractivity contribution in [1.82, 2.24) is 0 Å². The van der Waals surface area contributed by atoms with Crippen molar-refractivity contribution in [1.29, 1.82) is 0 Å². The summed E-state index contributed by atoms with van der Waals surface area (Å²) < 4.78 is 5.25. The second kappa shape index (κ2) is 10.1. The molecule has 1 aliphatic rings. The highest BCUT2D eigenvalue weighted by molar-refractivity contribution is 6.25. The smallest absolute Gasteiger partial charge is 0.306 e. The van der Waals surface area contributed by atoms with Crippen molar-refractivity contribution in [3.63, 3.8) is 0 Å². The van der Waals surface area contributed by atoms with E-state index in [1.807, 2.05) is 0 Å². The Balaban J connectivity index is 2.50. The lowest BCUT2D eigenvalue weighted by atomic mass is 9.71. The van der Waals surface area contributed by atoms with E-state index in [0.717, 1.165) is 12.8 Å². The third-order valence-electron chi connectivity index (χ3n) is 4.95. The molecule has 0 saturated carbocycles. The maximum absolute atomic E-state index is 12.7. The number of ketones is 2. The summed E-state index contributed by atoms with van der Waals surface area (Å²) in [7, 11) is 0. The standard InChI is InChI=1S/C20H29NO7/c1-13-14(2)19(24)17(15(3)18(13)23)20(4,5)12-16(22)27-10-8-6-7-9-11-28-21(25)26/h6-12H2,1-5H3. The van der Waals surface area contributed by atoms with Crippen LogP contribution in [0.15, 0.2) is 22.3 Å². The SMILES string of the molecule is CC1=C(C)C(=O)C(C(C)(C)CC(=O)OCCCCCCO[N+](=O)[O-])=C(C)C1=O. The Morgan fingerprint density at radius 2 is 1.46 bits per heavy atom. The third-order valence-corrected chi connectivity index (χ3v) is 4.95. The molecule has 0 atom stereocenters. The Hall–Kier alpha value is -2.51. The molecule has 8 nitrogen and oxygen atoms in total. The molecule has 0 aromatic heterocycles. The molecule has 1 aliphatic carbocycles. The van der Waals surface area contributed by atoms with Crippen molar-refractivity contribution < 1.29 is 29.0 Å². The molecule has 0 radical (unpaired) electrons. The molecule has 0 spiro atoms. The summed E-state index contributed by atoms with van der Waals surface area (Å²) in [5.41, 5.74) is 0.836. The van der Waals surface area contributed by atoms with Crippen molar-refractivity contribution in [2.45, 2.75) is 66.7 Å². The lowest BCUT2D eigenvalue weighted by molar-refractivity contribution is -0.757. The lowest BCUT2D eigenvalue weighted by Crippen LogP contribution is -2.32. The molecule has 0 amide bonds. The highest BCUT2D eigenvalue weighted by Crippen LogP contribution is 2.38. The number of carbonyl (C=O) groups excluding carboxylic acids is 3. The minimum atomic E-state index is -0.816. The minimum absolute atomic E-state index is 0.00168. The number of carbonyl (C=O) groups is 3. The molecule has 28 heavy (non-hydrogen) atoms. The van der Waals surface area contributed by atoms with E-state index in [-0.39, 0.29) is 31.2 Å². The van der Waals surface area contributed by atoms with Crippen LogP contribution in [0.2, 0.25) is 0 Å². The van der Waals surface area contributed by atoms with Crippen LogP contribution in [0.25, 0.3) is 0 Å². The van der Waals surface area contributed by atoms with Gasteiger partial charge in [-0.25, -0.2) is 0 Å². The summed E-state index contributed by atoms with van der Waals surface area (Å²) in [6.45, 7) is 8.74. The fourth-order valence-corrected chi connectivity index (χ4v) is 3.29. The van der Waals surface area contributed by atoms with E-state index in [0.29, 0.717) is 35.1 Å². The highest BCUT2D eigenvalue weighted by Gasteiger charge is 2.38. The summed E-state index contributed by atoms with van der Waals surface area (Å²) >= 11 is 0. The molecular formula is C20H29NO7. The molecule has 0 bridgehead atoms. The molecule has 0 heterocycles. The lowest BCUT2D eigenvalue weighted by Gasteiger charge is -2.31. The first kappa shape index (κ1) is 23.5. The molecule has 0 saturated heterocycles. The van der Waals surface area contributed by atoms with Crippen LogP contribution in [0.1, 0.15) is 66.7 Å². The number of esters is 1. The first-order valence-corrected chi connectivity index (χ1v) is 9.40. The quantitative estimate of drug-likeness (QED) is 0.173. The van der Waals surface area contributed by atoms with Gasteiger partial charge in [0.05, 0.1) is 19.6 Å². The number of allylic oxidation sites excluding steroid dienone is 4. The predicted molar refractivity (Wildman–Crippen MR) is 102 cm³/mol. The fraction of sp³-hybridized carbons (Fsp3) is 0.650. The summed E-state index contributed by atoms with van der Waals surface area (Å²) in [6, 6.07) is 0. The van der Waals surface area contributed by atoms with Gasteiger partial charge < -0.3 is 9.57 Å². The average molecular weight is 395 g/mol. The number of Topliss-reactive ketones (excluding diaryl/α,β-unsaturated/α-hetero) is 2. The Bertz CT molecular complexity index is 716. The summed E-state index contributed by atoms with van der Waals surface area (Å²) in [5, 5.41) is 9.20. The van der Waals surface area contributed by atoms with Gasteiger partial charge in [0.1, 0.15) is 0 Å². The van der Waals surface area contributed by atoms with Gasteiger partial charge in [0.2, 0.25) is 0 Å². The van der Waals surface area contributed by atoms with Gasteiger partial charge in [0.15, 0.2) is 11.6 Å². The van der Waals surface area contributed by atoms with E-state index in [1.54, 1.807) is 34.6 Å². The number of hydrogen-bond acceptors (Lipinski definition) is 7. The first-order chi connectivity index (χ1) is 13.0. The van der Waals surface area contributed by atoms with Gasteiger partial charge in [0, 0.05) is 27.7 Å². The van der Waals surface area contributed by atoms with E-state index in [4.69, 9.17) is 4.74 Å². The number of nitrogens with zero attached hydrogens (tertiary/aromatic N) is 1. The molecular weight excluding hydrogens is 366 g/mol. The van der Waals surface area contributed by atoms with Gasteiger partial charge in [-0.05, 0) is 40.0 Å². The van der Waals surface area contributed by atoms with E-state index in [2.05, 4.69) is 4.84 Å². The number of unbranched alkanes of at least 4 members (excludes halogenated alkanes) is 3. The molecule has 0 unspecified atom stereocenters. The van der Waals surface area contributed by atoms with Gasteiger partial charge in [-0.1, -0.05) is 20.3 Å². The molecule has 1 rings (SSSR count). The topological polar surface area (TPSA) is 113 Å². The molecule has 0 aliphatic heterocycles. The van der Waals surface area contributed by atoms with Crippen molar-refractivity contribution in [2.24, 2.45) is 5.41 Å². The Kier molecular flexibility index (Phi) is 8.53. The molecule has 0 aromatic carbocycles. The maximum atomic E-state index is 12.7. The van der Waals surface area contributed by atoms with Crippen LogP contribution in [0.5, 0.6) is 0 Å². The van der Waals surface area contributed by atoms with E-state index in [1.165, 1.54) is 0 Å². The predicted octanol–water partition coefficient (Wildman–Crippen LogP) is 3.52. The van der Waals surface area contributed by atoms with Gasteiger partial charge in [0.25, 0.3) is 5.09 Å². The summed E-state index contributed by atoms with van der Waals surface area (Å²) in [4.78, 5) is 51.5. The number of ether oxygens (including phenoxy) is 1. The molecule has 8 heteroatoms. The van der Waals surface area contributed by atoms with Crippen molar-refractivity contribution in [3.8, 4) is 0 Å². The van der Waals surface area contributed by atoms with Crippen molar-refractivity contribution >= 4 is 17.5 Å². The molecule has 0 aromatic rings. The van der Waals surface area contributed by atoms with Crippen molar-refractivity contribution in [3.05, 3.63) is 32.4 Å². The molecule has 156 valence electrons. The monoisotopic (exact) mass is 395 g/mol. The van der Waals surface area contributed by atoms with Crippen LogP contribution >= 0.6 is 0 Å². The Morgan fingerprint density at radius 1 is 0.929 bits per heavy atom. The summed E-state index contributed by atoms with van der Waals surface area (Å²) in [5.74, 6) is -0.773. The van der Waals surface area contributed by atoms with Crippen molar-refractivity contribution in [2.75, 3.05) is 13.2 Å². The Labute approximate surface area is 165 Å². The number of hydrogen-bond donors (Lipinski definition) is 0. The van der Waals surface area contributed by atoms with Crippen LogP contribution in [0.3, 0.4) is 0 Å². The van der Waals surface area contributed by atoms with E-state index >= 15 is 0 Å². The number of rotatable bonds is 11. The fourth-order valence-electron chi connectivity index (χ4n) is 3.29. The molecule has 0 fully saturated rings. The normalized spacial score (nSPS) is 15.2. The van der Waals surface area contributed by atoms with Gasteiger partial charge in [-0.3, -0.25) is 14.4 Å². The van der Waals surface area contributed by atoms with Crippen LogP contribution in [-0.4, -0.2) is 35.8 Å². The Morgan fingerprint density at radius 3 is 2.04 bits per heavy atom. The zero-order valence-corrected chi connectivity index (χ0v) is 17.3. The summed E-state index contributed by atoms with van der Waals surface area (Å²) in [6.07, 6.45) is 2.72. The molecule has 0 N–H and O–H groups in total. The third kappa shape index (κ3) is 6.28. The maximum Gasteiger partial charge on any atom is 0.306 e. The average Bonchev–Trinajstić information content (AvgIpc) is 2.59. The largest absolute Gasteiger partial charge is 0.466 e. The van der Waals surface area contributed by atoms with Crippen LogP contribution in [-0.2, 0) is 24.0 Å². The van der Waals surface area contributed by atoms with Gasteiger partial charge in [-0.15, -0.1) is 10.1 Å². The second-order valence-corrected chi connectivity index (χ2v) is 7.66. The van der Waals surface area contributed by atoms with Crippen LogP contribution < -0.4 is 0 Å². The van der Waals surface area contributed by atoms with Crippen LogP contribution in [0, 0.1) is 15.5 Å². The van der Waals surface area contributed by atoms with E-state index < -0.39 is 16.5 Å². The minimum Gasteiger partial charge on any atom is -0.466 e. The van der Waals surface area contributed by atoms with Crippen LogP contribution in [0.4, 0.5) is 0 Å². The zero-order chi connectivity index (χ0) is 21.5. The second-order valence-electron chi connectivity index (χ2n) is 7.66. The highest BCUT2D eigenvalue weighted by atomic mass is 16.9. The van der Waals surface area contributed by atoms with Gasteiger partial charge >= 0.3 is 5.97 Å².